The standard InChI is InChI=1S/C12H26O4S.C8H16O2.2Na/c1-2-3-4-5-6-7-8-9-10-11-12-16-17(13,14)15;1-2-3-4-5-6-7-8(9)10;;/h2-12H2,1H3,(H,13,14,15);2-7H2,1H3,(H,9,10);;/q;;2*+1/p-2. The summed E-state index contributed by atoms with van der Waals surface area (Å²) in [6.07, 6.45) is 17.3. The third-order valence-corrected chi connectivity index (χ3v) is 4.67. The number of carbonyl (C=O) groups is 1. The molecule has 0 saturated heterocycles. The molecule has 0 aliphatic rings. The summed E-state index contributed by atoms with van der Waals surface area (Å²) in [6, 6.07) is 0. The summed E-state index contributed by atoms with van der Waals surface area (Å²) >= 11 is 0. The summed E-state index contributed by atoms with van der Waals surface area (Å²) in [4.78, 5) is 9.92. The molecule has 0 unspecified atom stereocenters. The molecule has 0 saturated carbocycles. The van der Waals surface area contributed by atoms with Crippen molar-refractivity contribution in [1.82, 2.24) is 0 Å². The van der Waals surface area contributed by atoms with Gasteiger partial charge in [-0.3, -0.25) is 4.18 Å². The summed E-state index contributed by atoms with van der Waals surface area (Å²) in [6.45, 7) is 4.38. The fourth-order valence-corrected chi connectivity index (χ4v) is 2.95. The van der Waals surface area contributed by atoms with Gasteiger partial charge < -0.3 is 14.5 Å². The van der Waals surface area contributed by atoms with E-state index in [4.69, 9.17) is 0 Å². The van der Waals surface area contributed by atoms with Gasteiger partial charge in [0.05, 0.1) is 6.61 Å². The van der Waals surface area contributed by atoms with E-state index in [-0.39, 0.29) is 72.1 Å². The number of unbranched alkanes of at least 4 members (excludes halogenated alkanes) is 13. The van der Waals surface area contributed by atoms with Gasteiger partial charge in [-0.2, -0.15) is 0 Å². The zero-order valence-electron chi connectivity index (χ0n) is 19.4. The molecule has 9 heteroatoms. The van der Waals surface area contributed by atoms with Gasteiger partial charge in [-0.05, 0) is 19.3 Å². The molecule has 164 valence electrons. The number of carbonyl (C=O) groups excluding carboxylic acids is 1. The third kappa shape index (κ3) is 43.9. The average Bonchev–Trinajstić information content (AvgIpc) is 2.59. The molecule has 0 bridgehead atoms. The van der Waals surface area contributed by atoms with Crippen LogP contribution in [0.1, 0.15) is 117 Å². The largest absolute Gasteiger partial charge is 1.00 e. The smallest absolute Gasteiger partial charge is 0.726 e. The molecule has 0 spiro atoms. The van der Waals surface area contributed by atoms with Gasteiger partial charge in [-0.1, -0.05) is 97.3 Å². The number of aliphatic carboxylic acids is 1. The van der Waals surface area contributed by atoms with E-state index >= 15 is 0 Å². The van der Waals surface area contributed by atoms with Crippen LogP contribution in [0.3, 0.4) is 0 Å². The van der Waals surface area contributed by atoms with Crippen LogP contribution in [0.2, 0.25) is 0 Å². The van der Waals surface area contributed by atoms with E-state index in [1.165, 1.54) is 57.8 Å². The fourth-order valence-electron chi connectivity index (χ4n) is 2.62. The second-order valence-electron chi connectivity index (χ2n) is 6.95. The molecule has 0 fully saturated rings. The molecule has 0 N–H and O–H groups in total. The van der Waals surface area contributed by atoms with Crippen LogP contribution in [0.5, 0.6) is 0 Å². The van der Waals surface area contributed by atoms with Crippen LogP contribution in [-0.2, 0) is 19.4 Å². The van der Waals surface area contributed by atoms with Gasteiger partial charge in [-0.15, -0.1) is 0 Å². The van der Waals surface area contributed by atoms with Crippen molar-refractivity contribution in [2.24, 2.45) is 0 Å². The Hall–Kier alpha value is 1.34. The monoisotopic (exact) mass is 454 g/mol. The minimum absolute atomic E-state index is 0. The summed E-state index contributed by atoms with van der Waals surface area (Å²) in [5, 5.41) is 9.92. The third-order valence-electron chi connectivity index (χ3n) is 4.21. The van der Waals surface area contributed by atoms with Crippen molar-refractivity contribution in [2.45, 2.75) is 117 Å². The Kier molecular flexibility index (Phi) is 38.1. The molecular weight excluding hydrogens is 414 g/mol. The van der Waals surface area contributed by atoms with Gasteiger partial charge in [0.1, 0.15) is 0 Å². The number of carboxylic acid groups (broad SMARTS) is 1. The quantitative estimate of drug-likeness (QED) is 0.108. The van der Waals surface area contributed by atoms with Crippen molar-refractivity contribution in [2.75, 3.05) is 6.61 Å². The van der Waals surface area contributed by atoms with Gasteiger partial charge in [-0.25, -0.2) is 8.42 Å². The molecule has 0 heterocycles. The average molecular weight is 455 g/mol. The zero-order valence-corrected chi connectivity index (χ0v) is 24.2. The predicted molar refractivity (Wildman–Crippen MR) is 106 cm³/mol. The second kappa shape index (κ2) is 29.3. The van der Waals surface area contributed by atoms with Gasteiger partial charge >= 0.3 is 59.1 Å². The molecule has 0 atom stereocenters. The van der Waals surface area contributed by atoms with Gasteiger partial charge in [0.15, 0.2) is 0 Å². The molecule has 6 nitrogen and oxygen atoms in total. The molecule has 0 radical (unpaired) electrons. The van der Waals surface area contributed by atoms with Gasteiger partial charge in [0.2, 0.25) is 10.4 Å². The van der Waals surface area contributed by atoms with E-state index in [2.05, 4.69) is 18.0 Å². The Labute approximate surface area is 223 Å². The van der Waals surface area contributed by atoms with Crippen molar-refractivity contribution >= 4 is 16.4 Å². The van der Waals surface area contributed by atoms with Crippen LogP contribution < -0.4 is 64.2 Å². The van der Waals surface area contributed by atoms with Gasteiger partial charge in [0, 0.05) is 5.97 Å². The maximum atomic E-state index is 10.1. The number of hydrogen-bond acceptors (Lipinski definition) is 6. The second-order valence-corrected chi connectivity index (χ2v) is 8.00. The molecular formula is C20H40Na2O6S. The minimum atomic E-state index is -4.48. The Balaban J connectivity index is -0.000000226. The van der Waals surface area contributed by atoms with Crippen LogP contribution >= 0.6 is 0 Å². The maximum absolute atomic E-state index is 10.1. The van der Waals surface area contributed by atoms with Gasteiger partial charge in [0.25, 0.3) is 0 Å². The first kappa shape index (κ1) is 37.6. The van der Waals surface area contributed by atoms with E-state index in [1.54, 1.807) is 0 Å². The summed E-state index contributed by atoms with van der Waals surface area (Å²) < 4.78 is 34.5. The van der Waals surface area contributed by atoms with Crippen LogP contribution in [-0.4, -0.2) is 25.5 Å². The molecule has 29 heavy (non-hydrogen) atoms. The first-order chi connectivity index (χ1) is 12.8. The Bertz CT molecular complexity index is 419. The van der Waals surface area contributed by atoms with Crippen molar-refractivity contribution in [3.05, 3.63) is 0 Å². The molecule has 0 aromatic carbocycles. The van der Waals surface area contributed by atoms with E-state index in [1.807, 2.05) is 0 Å². The van der Waals surface area contributed by atoms with Crippen molar-refractivity contribution in [3.63, 3.8) is 0 Å². The van der Waals surface area contributed by atoms with E-state index < -0.39 is 16.4 Å². The molecule has 0 aliphatic heterocycles. The maximum Gasteiger partial charge on any atom is 1.00 e. The van der Waals surface area contributed by atoms with E-state index in [0.29, 0.717) is 6.42 Å². The van der Waals surface area contributed by atoms with Crippen LogP contribution in [0.25, 0.3) is 0 Å². The Morgan fingerprint density at radius 2 is 1.03 bits per heavy atom. The van der Waals surface area contributed by atoms with Crippen LogP contribution in [0.4, 0.5) is 0 Å². The summed E-state index contributed by atoms with van der Waals surface area (Å²) in [7, 11) is -4.48. The zero-order chi connectivity index (χ0) is 20.8. The molecule has 0 aromatic rings. The first-order valence-electron chi connectivity index (χ1n) is 10.6. The minimum Gasteiger partial charge on any atom is -0.726 e. The van der Waals surface area contributed by atoms with Crippen molar-refractivity contribution < 1.29 is 86.2 Å². The Morgan fingerprint density at radius 3 is 1.38 bits per heavy atom. The topological polar surface area (TPSA) is 107 Å². The Morgan fingerprint density at radius 1 is 0.690 bits per heavy atom. The van der Waals surface area contributed by atoms with E-state index in [0.717, 1.165) is 32.1 Å². The fraction of sp³-hybridized carbons (Fsp3) is 0.950. The first-order valence-corrected chi connectivity index (χ1v) is 12.0. The predicted octanol–water partition coefficient (Wildman–Crippen LogP) is -1.51. The van der Waals surface area contributed by atoms with E-state index in [9.17, 15) is 22.9 Å². The normalized spacial score (nSPS) is 10.3. The summed E-state index contributed by atoms with van der Waals surface area (Å²) in [5.74, 6) is -0.920. The van der Waals surface area contributed by atoms with Crippen molar-refractivity contribution in [1.29, 1.82) is 0 Å². The molecule has 0 aromatic heterocycles. The van der Waals surface area contributed by atoms with Crippen LogP contribution in [0.15, 0.2) is 0 Å². The summed E-state index contributed by atoms with van der Waals surface area (Å²) in [5.41, 5.74) is 0. The van der Waals surface area contributed by atoms with Crippen molar-refractivity contribution in [3.8, 4) is 0 Å². The molecule has 0 aliphatic carbocycles. The van der Waals surface area contributed by atoms with Crippen LogP contribution in [0, 0.1) is 0 Å². The SMILES string of the molecule is CCCCCCCC(=O)[O-].CCCCCCCCCCCCOS(=O)(=O)[O-].[Na+].[Na+]. The molecule has 0 amide bonds. The number of carboxylic acids is 1. The molecule has 0 rings (SSSR count). The number of rotatable bonds is 18. The number of hydrogen-bond donors (Lipinski definition) is 0.